The second-order valence-electron chi connectivity index (χ2n) is 9.59. The maximum atomic E-state index is 12.7. The van der Waals surface area contributed by atoms with Crippen molar-refractivity contribution in [1.29, 1.82) is 10.7 Å². The highest BCUT2D eigenvalue weighted by Gasteiger charge is 2.42. The minimum absolute atomic E-state index is 0.0626. The molecule has 0 radical (unpaired) electrons. The third-order valence-corrected chi connectivity index (χ3v) is 7.50. The van der Waals surface area contributed by atoms with Crippen molar-refractivity contribution >= 4 is 23.6 Å². The Kier molecular flexibility index (Phi) is 7.27. The lowest BCUT2D eigenvalue weighted by Gasteiger charge is -2.36. The lowest BCUT2D eigenvalue weighted by molar-refractivity contribution is -0.130. The van der Waals surface area contributed by atoms with Crippen molar-refractivity contribution in [2.45, 2.75) is 43.6 Å². The molecule has 1 unspecified atom stereocenters. The standard InChI is InChI=1S/C27H31N7O3/c28-14-20-2-1-11-34(20)23(35)15-33-10-9-27(26(31)32)21-7-5-18(24(29)36)12-16(21)3-4-17-13-19(25(30)37)6-8-22(17)27/h5-8,12-13,20,33H,1-4,9-11,15H2,(H2,29,36)(H2,30,37)(H3,31,32). The van der Waals surface area contributed by atoms with Crippen molar-refractivity contribution < 1.29 is 14.4 Å². The summed E-state index contributed by atoms with van der Waals surface area (Å²) >= 11 is 0. The van der Waals surface area contributed by atoms with Crippen LogP contribution in [0, 0.1) is 16.7 Å². The minimum Gasteiger partial charge on any atom is -0.387 e. The number of aryl methyl sites for hydroxylation is 2. The fourth-order valence-corrected chi connectivity index (χ4v) is 5.62. The van der Waals surface area contributed by atoms with Crippen molar-refractivity contribution in [3.8, 4) is 6.07 Å². The van der Waals surface area contributed by atoms with Crippen molar-refractivity contribution in [2.75, 3.05) is 19.6 Å². The molecule has 0 saturated carbocycles. The van der Waals surface area contributed by atoms with E-state index in [-0.39, 0.29) is 18.3 Å². The van der Waals surface area contributed by atoms with Gasteiger partial charge in [-0.25, -0.2) is 0 Å². The molecule has 1 heterocycles. The van der Waals surface area contributed by atoms with Crippen LogP contribution in [-0.2, 0) is 23.1 Å². The number of likely N-dealkylation sites (tertiary alicyclic amines) is 1. The Bertz CT molecular complexity index is 1250. The number of nitriles is 1. The number of carbonyl (C=O) groups is 3. The van der Waals surface area contributed by atoms with E-state index in [4.69, 9.17) is 22.6 Å². The highest BCUT2D eigenvalue weighted by atomic mass is 16.2. The fraction of sp³-hybridized carbons (Fsp3) is 0.370. The van der Waals surface area contributed by atoms with Crippen molar-refractivity contribution in [3.63, 3.8) is 0 Å². The SMILES string of the molecule is N#CC1CCCN1C(=O)CNCCC1(C(=N)N)c2ccc(C(N)=O)cc2CCc2cc(C(N)=O)ccc21. The van der Waals surface area contributed by atoms with Gasteiger partial charge >= 0.3 is 0 Å². The van der Waals surface area contributed by atoms with Crippen LogP contribution in [0.2, 0.25) is 0 Å². The maximum Gasteiger partial charge on any atom is 0.248 e. The third kappa shape index (κ3) is 4.78. The van der Waals surface area contributed by atoms with Crippen LogP contribution in [0.25, 0.3) is 0 Å². The Labute approximate surface area is 215 Å². The van der Waals surface area contributed by atoms with Crippen molar-refractivity contribution in [3.05, 3.63) is 69.8 Å². The Balaban J connectivity index is 1.69. The molecule has 4 rings (SSSR count). The zero-order chi connectivity index (χ0) is 26.7. The summed E-state index contributed by atoms with van der Waals surface area (Å²) in [5.74, 6) is -1.33. The molecule has 0 spiro atoms. The number of benzene rings is 2. The maximum absolute atomic E-state index is 12.7. The number of carbonyl (C=O) groups excluding carboxylic acids is 3. The normalized spacial score (nSPS) is 17.7. The van der Waals surface area contributed by atoms with Crippen LogP contribution in [-0.4, -0.2) is 54.1 Å². The van der Waals surface area contributed by atoms with E-state index in [1.165, 1.54) is 0 Å². The highest BCUT2D eigenvalue weighted by molar-refractivity contribution is 5.97. The van der Waals surface area contributed by atoms with Crippen molar-refractivity contribution in [1.82, 2.24) is 10.2 Å². The third-order valence-electron chi connectivity index (χ3n) is 7.50. The molecule has 8 N–H and O–H groups in total. The van der Waals surface area contributed by atoms with Gasteiger partial charge in [-0.3, -0.25) is 19.8 Å². The van der Waals surface area contributed by atoms with Gasteiger partial charge in [-0.05, 0) is 85.2 Å². The van der Waals surface area contributed by atoms with Gasteiger partial charge < -0.3 is 27.4 Å². The van der Waals surface area contributed by atoms with E-state index in [0.717, 1.165) is 28.7 Å². The zero-order valence-corrected chi connectivity index (χ0v) is 20.5. The molecule has 37 heavy (non-hydrogen) atoms. The number of nitrogens with one attached hydrogen (secondary N) is 2. The number of amides is 3. The molecule has 192 valence electrons. The number of hydrogen-bond acceptors (Lipinski definition) is 6. The number of hydrogen-bond donors (Lipinski definition) is 5. The Morgan fingerprint density at radius 3 is 2.08 bits per heavy atom. The average molecular weight is 502 g/mol. The number of nitrogens with two attached hydrogens (primary N) is 3. The number of nitrogens with zero attached hydrogens (tertiary/aromatic N) is 2. The van der Waals surface area contributed by atoms with E-state index in [9.17, 15) is 19.6 Å². The molecule has 1 atom stereocenters. The minimum atomic E-state index is -1.06. The summed E-state index contributed by atoms with van der Waals surface area (Å²) in [7, 11) is 0. The van der Waals surface area contributed by atoms with Crippen LogP contribution in [0.15, 0.2) is 36.4 Å². The smallest absolute Gasteiger partial charge is 0.248 e. The molecule has 2 aromatic carbocycles. The topological polar surface area (TPSA) is 192 Å². The van der Waals surface area contributed by atoms with Gasteiger partial charge in [0.1, 0.15) is 11.9 Å². The van der Waals surface area contributed by atoms with Crippen LogP contribution in [0.1, 0.15) is 62.2 Å². The summed E-state index contributed by atoms with van der Waals surface area (Å²) in [5, 5.41) is 21.2. The summed E-state index contributed by atoms with van der Waals surface area (Å²) in [6.45, 7) is 0.985. The van der Waals surface area contributed by atoms with E-state index < -0.39 is 23.3 Å². The first-order chi connectivity index (χ1) is 17.7. The van der Waals surface area contributed by atoms with Gasteiger partial charge in [-0.2, -0.15) is 5.26 Å². The summed E-state index contributed by atoms with van der Waals surface area (Å²) in [6.07, 6.45) is 2.95. The van der Waals surface area contributed by atoms with Gasteiger partial charge in [0.2, 0.25) is 17.7 Å². The van der Waals surface area contributed by atoms with Gasteiger partial charge in [0.15, 0.2) is 0 Å². The molecular weight excluding hydrogens is 470 g/mol. The molecule has 0 aromatic heterocycles. The van der Waals surface area contributed by atoms with E-state index in [0.29, 0.717) is 49.9 Å². The molecule has 2 aromatic rings. The predicted molar refractivity (Wildman–Crippen MR) is 138 cm³/mol. The summed E-state index contributed by atoms with van der Waals surface area (Å²) in [4.78, 5) is 38.0. The Morgan fingerprint density at radius 1 is 1.03 bits per heavy atom. The second-order valence-corrected chi connectivity index (χ2v) is 9.59. The summed E-state index contributed by atoms with van der Waals surface area (Å²) in [6, 6.07) is 12.1. The van der Waals surface area contributed by atoms with Crippen LogP contribution in [0.5, 0.6) is 0 Å². The van der Waals surface area contributed by atoms with E-state index >= 15 is 0 Å². The molecule has 3 amide bonds. The Hall–Kier alpha value is -4.23. The monoisotopic (exact) mass is 501 g/mol. The number of amidine groups is 1. The first kappa shape index (κ1) is 25.9. The number of rotatable bonds is 8. The average Bonchev–Trinajstić information content (AvgIpc) is 3.31. The molecule has 2 aliphatic rings. The summed E-state index contributed by atoms with van der Waals surface area (Å²) in [5.41, 5.74) is 20.3. The zero-order valence-electron chi connectivity index (χ0n) is 20.5. The highest BCUT2D eigenvalue weighted by Crippen LogP contribution is 2.43. The molecule has 1 fully saturated rings. The number of fused-ring (bicyclic) bond motifs is 2. The molecule has 10 heteroatoms. The predicted octanol–water partition coefficient (Wildman–Crippen LogP) is 0.699. The van der Waals surface area contributed by atoms with Gasteiger partial charge in [-0.15, -0.1) is 0 Å². The lowest BCUT2D eigenvalue weighted by atomic mass is 9.69. The molecule has 1 aliphatic heterocycles. The Morgan fingerprint density at radius 2 is 1.59 bits per heavy atom. The largest absolute Gasteiger partial charge is 0.387 e. The van der Waals surface area contributed by atoms with Crippen LogP contribution in [0.3, 0.4) is 0 Å². The van der Waals surface area contributed by atoms with E-state index in [1.54, 1.807) is 41.3 Å². The van der Waals surface area contributed by atoms with Crippen molar-refractivity contribution in [2.24, 2.45) is 17.2 Å². The molecule has 1 saturated heterocycles. The number of primary amides is 2. The van der Waals surface area contributed by atoms with Crippen LogP contribution >= 0.6 is 0 Å². The first-order valence-corrected chi connectivity index (χ1v) is 12.3. The van der Waals surface area contributed by atoms with Crippen LogP contribution in [0.4, 0.5) is 0 Å². The van der Waals surface area contributed by atoms with Gasteiger partial charge in [0, 0.05) is 17.7 Å². The lowest BCUT2D eigenvalue weighted by Crippen LogP contribution is -2.46. The molecule has 1 aliphatic carbocycles. The summed E-state index contributed by atoms with van der Waals surface area (Å²) < 4.78 is 0. The quantitative estimate of drug-likeness (QED) is 0.201. The van der Waals surface area contributed by atoms with Gasteiger partial charge in [0.25, 0.3) is 0 Å². The van der Waals surface area contributed by atoms with Gasteiger partial charge in [-0.1, -0.05) is 12.1 Å². The molecular formula is C27H31N7O3. The first-order valence-electron chi connectivity index (χ1n) is 12.3. The van der Waals surface area contributed by atoms with Gasteiger partial charge in [0.05, 0.1) is 18.0 Å². The second kappa shape index (κ2) is 10.4. The van der Waals surface area contributed by atoms with E-state index in [2.05, 4.69) is 11.4 Å². The van der Waals surface area contributed by atoms with Crippen LogP contribution < -0.4 is 22.5 Å². The van der Waals surface area contributed by atoms with E-state index in [1.807, 2.05) is 0 Å². The molecule has 10 nitrogen and oxygen atoms in total. The fourth-order valence-electron chi connectivity index (χ4n) is 5.62. The molecule has 0 bridgehead atoms.